The Balaban J connectivity index is 1.88. The molecular formula is C14H30N2. The maximum absolute atomic E-state index is 5.78. The van der Waals surface area contributed by atoms with Crippen LogP contribution in [0, 0.1) is 5.92 Å². The van der Waals surface area contributed by atoms with Gasteiger partial charge in [-0.15, -0.1) is 0 Å². The third-order valence-corrected chi connectivity index (χ3v) is 3.62. The Morgan fingerprint density at radius 2 is 1.94 bits per heavy atom. The average Bonchev–Trinajstić information content (AvgIpc) is 3.10. The van der Waals surface area contributed by atoms with Crippen molar-refractivity contribution in [1.29, 1.82) is 0 Å². The van der Waals surface area contributed by atoms with E-state index in [0.717, 1.165) is 12.5 Å². The van der Waals surface area contributed by atoms with Gasteiger partial charge in [0.05, 0.1) is 0 Å². The van der Waals surface area contributed by atoms with E-state index < -0.39 is 0 Å². The quantitative estimate of drug-likeness (QED) is 0.531. The predicted molar refractivity (Wildman–Crippen MR) is 71.6 cm³/mol. The normalized spacial score (nSPS) is 17.6. The zero-order chi connectivity index (χ0) is 11.6. The standard InChI is InChI=1S/C14H30N2/c1-2-3-4-5-6-7-14(12-15)16-11-10-13-8-9-13/h13-14,16H,2-12,15H2,1H3. The summed E-state index contributed by atoms with van der Waals surface area (Å²) in [5, 5.41) is 3.61. The zero-order valence-corrected chi connectivity index (χ0v) is 11.0. The summed E-state index contributed by atoms with van der Waals surface area (Å²) in [6.45, 7) is 4.25. The SMILES string of the molecule is CCCCCCCC(CN)NCCC1CC1. The summed E-state index contributed by atoms with van der Waals surface area (Å²) in [6.07, 6.45) is 12.4. The third-order valence-electron chi connectivity index (χ3n) is 3.62. The lowest BCUT2D eigenvalue weighted by molar-refractivity contribution is 0.450. The summed E-state index contributed by atoms with van der Waals surface area (Å²) in [4.78, 5) is 0. The lowest BCUT2D eigenvalue weighted by Gasteiger charge is -2.16. The molecule has 0 radical (unpaired) electrons. The summed E-state index contributed by atoms with van der Waals surface area (Å²) in [6, 6.07) is 0.570. The van der Waals surface area contributed by atoms with Crippen LogP contribution in [0.1, 0.15) is 64.7 Å². The maximum Gasteiger partial charge on any atom is 0.0190 e. The van der Waals surface area contributed by atoms with Crippen LogP contribution in [-0.4, -0.2) is 19.1 Å². The van der Waals surface area contributed by atoms with Crippen LogP contribution in [0.4, 0.5) is 0 Å². The number of nitrogens with two attached hydrogens (primary N) is 1. The summed E-state index contributed by atoms with van der Waals surface area (Å²) in [7, 11) is 0. The molecule has 1 unspecified atom stereocenters. The third kappa shape index (κ3) is 7.24. The van der Waals surface area contributed by atoms with Gasteiger partial charge in [-0.3, -0.25) is 0 Å². The molecule has 0 aliphatic heterocycles. The van der Waals surface area contributed by atoms with Crippen LogP contribution < -0.4 is 11.1 Å². The van der Waals surface area contributed by atoms with Gasteiger partial charge in [-0.2, -0.15) is 0 Å². The minimum Gasteiger partial charge on any atom is -0.329 e. The molecule has 96 valence electrons. The van der Waals surface area contributed by atoms with Gasteiger partial charge in [0.2, 0.25) is 0 Å². The predicted octanol–water partition coefficient (Wildman–Crippen LogP) is 3.06. The highest BCUT2D eigenvalue weighted by Crippen LogP contribution is 2.31. The first-order valence-electron chi connectivity index (χ1n) is 7.30. The molecule has 0 saturated heterocycles. The van der Waals surface area contributed by atoms with Gasteiger partial charge in [-0.05, 0) is 25.3 Å². The van der Waals surface area contributed by atoms with Gasteiger partial charge in [0.1, 0.15) is 0 Å². The summed E-state index contributed by atoms with van der Waals surface area (Å²) in [5.74, 6) is 1.04. The molecule has 0 aromatic heterocycles. The van der Waals surface area contributed by atoms with E-state index in [9.17, 15) is 0 Å². The molecule has 1 saturated carbocycles. The lowest BCUT2D eigenvalue weighted by atomic mass is 10.1. The Morgan fingerprint density at radius 1 is 1.19 bits per heavy atom. The van der Waals surface area contributed by atoms with E-state index in [0.29, 0.717) is 6.04 Å². The second-order valence-electron chi connectivity index (χ2n) is 5.32. The van der Waals surface area contributed by atoms with Crippen molar-refractivity contribution >= 4 is 0 Å². The highest BCUT2D eigenvalue weighted by molar-refractivity contribution is 4.75. The fourth-order valence-electron chi connectivity index (χ4n) is 2.20. The van der Waals surface area contributed by atoms with Gasteiger partial charge in [0.15, 0.2) is 0 Å². The van der Waals surface area contributed by atoms with E-state index in [1.807, 2.05) is 0 Å². The molecule has 1 aliphatic carbocycles. The van der Waals surface area contributed by atoms with Gasteiger partial charge in [-0.1, -0.05) is 51.9 Å². The monoisotopic (exact) mass is 226 g/mol. The number of nitrogens with one attached hydrogen (secondary N) is 1. The second-order valence-corrected chi connectivity index (χ2v) is 5.32. The van der Waals surface area contributed by atoms with Crippen LogP contribution in [0.5, 0.6) is 0 Å². The van der Waals surface area contributed by atoms with Crippen LogP contribution in [-0.2, 0) is 0 Å². The van der Waals surface area contributed by atoms with Crippen molar-refractivity contribution < 1.29 is 0 Å². The highest BCUT2D eigenvalue weighted by atomic mass is 14.9. The van der Waals surface area contributed by atoms with Crippen LogP contribution in [0.2, 0.25) is 0 Å². The van der Waals surface area contributed by atoms with E-state index in [2.05, 4.69) is 12.2 Å². The fraction of sp³-hybridized carbons (Fsp3) is 1.00. The second kappa shape index (κ2) is 9.00. The van der Waals surface area contributed by atoms with E-state index in [-0.39, 0.29) is 0 Å². The topological polar surface area (TPSA) is 38.0 Å². The van der Waals surface area contributed by atoms with Crippen LogP contribution in [0.15, 0.2) is 0 Å². The summed E-state index contributed by atoms with van der Waals surface area (Å²) >= 11 is 0. The molecule has 0 bridgehead atoms. The van der Waals surface area contributed by atoms with Gasteiger partial charge in [-0.25, -0.2) is 0 Å². The number of unbranched alkanes of at least 4 members (excludes halogenated alkanes) is 4. The van der Waals surface area contributed by atoms with Gasteiger partial charge >= 0.3 is 0 Å². The zero-order valence-electron chi connectivity index (χ0n) is 11.0. The van der Waals surface area contributed by atoms with Crippen LogP contribution in [0.3, 0.4) is 0 Å². The molecule has 3 N–H and O–H groups in total. The van der Waals surface area contributed by atoms with Crippen molar-refractivity contribution in [2.24, 2.45) is 11.7 Å². The van der Waals surface area contributed by atoms with Crippen molar-refractivity contribution in [3.8, 4) is 0 Å². The minimum atomic E-state index is 0.570. The minimum absolute atomic E-state index is 0.570. The van der Waals surface area contributed by atoms with E-state index in [1.165, 1.54) is 64.3 Å². The molecule has 1 rings (SSSR count). The fourth-order valence-corrected chi connectivity index (χ4v) is 2.20. The average molecular weight is 226 g/mol. The Bertz CT molecular complexity index is 155. The highest BCUT2D eigenvalue weighted by Gasteiger charge is 2.20. The Kier molecular flexibility index (Phi) is 7.87. The molecule has 0 spiro atoms. The van der Waals surface area contributed by atoms with E-state index in [4.69, 9.17) is 5.73 Å². The number of rotatable bonds is 11. The van der Waals surface area contributed by atoms with Crippen molar-refractivity contribution in [3.05, 3.63) is 0 Å². The van der Waals surface area contributed by atoms with Crippen molar-refractivity contribution in [2.75, 3.05) is 13.1 Å². The molecule has 1 atom stereocenters. The molecule has 2 heteroatoms. The van der Waals surface area contributed by atoms with Crippen molar-refractivity contribution in [1.82, 2.24) is 5.32 Å². The Labute approximate surface area is 101 Å². The molecule has 0 aromatic carbocycles. The summed E-state index contributed by atoms with van der Waals surface area (Å²) in [5.41, 5.74) is 5.78. The molecule has 1 aliphatic rings. The van der Waals surface area contributed by atoms with Crippen molar-refractivity contribution in [2.45, 2.75) is 70.8 Å². The van der Waals surface area contributed by atoms with E-state index >= 15 is 0 Å². The van der Waals surface area contributed by atoms with Crippen molar-refractivity contribution in [3.63, 3.8) is 0 Å². The number of hydrogen-bond acceptors (Lipinski definition) is 2. The van der Waals surface area contributed by atoms with Crippen LogP contribution >= 0.6 is 0 Å². The first kappa shape index (κ1) is 14.0. The first-order valence-corrected chi connectivity index (χ1v) is 7.30. The Hall–Kier alpha value is -0.0800. The van der Waals surface area contributed by atoms with E-state index in [1.54, 1.807) is 0 Å². The molecule has 1 fully saturated rings. The lowest BCUT2D eigenvalue weighted by Crippen LogP contribution is -2.36. The Morgan fingerprint density at radius 3 is 2.56 bits per heavy atom. The largest absolute Gasteiger partial charge is 0.329 e. The summed E-state index contributed by atoms with van der Waals surface area (Å²) < 4.78 is 0. The van der Waals surface area contributed by atoms with Gasteiger partial charge in [0.25, 0.3) is 0 Å². The van der Waals surface area contributed by atoms with Gasteiger partial charge in [0, 0.05) is 12.6 Å². The molecule has 0 aromatic rings. The molecule has 2 nitrogen and oxygen atoms in total. The van der Waals surface area contributed by atoms with Gasteiger partial charge < -0.3 is 11.1 Å². The molecule has 0 heterocycles. The van der Waals surface area contributed by atoms with Crippen LogP contribution in [0.25, 0.3) is 0 Å². The maximum atomic E-state index is 5.78. The smallest absolute Gasteiger partial charge is 0.0190 e. The first-order chi connectivity index (χ1) is 7.86. The molecule has 16 heavy (non-hydrogen) atoms. The molecule has 0 amide bonds. The number of hydrogen-bond donors (Lipinski definition) is 2. The molecular weight excluding hydrogens is 196 g/mol.